The minimum Gasteiger partial charge on any atom is -0.387 e. The molecule has 21 heavy (non-hydrogen) atoms. The quantitative estimate of drug-likeness (QED) is 0.791. The van der Waals surface area contributed by atoms with Gasteiger partial charge in [-0.3, -0.25) is 4.40 Å². The van der Waals surface area contributed by atoms with Crippen LogP contribution in [0.5, 0.6) is 0 Å². The fraction of sp³-hybridized carbons (Fsp3) is 0.278. The molecule has 1 atom stereocenters. The zero-order valence-electron chi connectivity index (χ0n) is 12.5. The Morgan fingerprint density at radius 1 is 1.10 bits per heavy atom. The number of benzene rings is 1. The second-order valence-electron chi connectivity index (χ2n) is 5.39. The Labute approximate surface area is 124 Å². The number of hydrogen-bond acceptors (Lipinski definition) is 2. The molecule has 2 heterocycles. The number of fused-ring (bicyclic) bond motifs is 1. The Balaban J connectivity index is 2.15. The van der Waals surface area contributed by atoms with Crippen LogP contribution in [0.1, 0.15) is 42.1 Å². The van der Waals surface area contributed by atoms with Gasteiger partial charge in [0.2, 0.25) is 0 Å². The van der Waals surface area contributed by atoms with E-state index in [2.05, 4.69) is 16.5 Å². The van der Waals surface area contributed by atoms with Crippen molar-refractivity contribution in [3.8, 4) is 0 Å². The van der Waals surface area contributed by atoms with E-state index in [1.54, 1.807) is 0 Å². The van der Waals surface area contributed by atoms with Crippen LogP contribution in [0.25, 0.3) is 5.65 Å². The Morgan fingerprint density at radius 2 is 1.86 bits per heavy atom. The summed E-state index contributed by atoms with van der Waals surface area (Å²) < 4.78 is 2.08. The first-order chi connectivity index (χ1) is 10.2. The molecule has 0 radical (unpaired) electrons. The Morgan fingerprint density at radius 3 is 2.57 bits per heavy atom. The summed E-state index contributed by atoms with van der Waals surface area (Å²) in [5.74, 6) is 0. The van der Waals surface area contributed by atoms with Crippen molar-refractivity contribution in [3.05, 3.63) is 71.2 Å². The van der Waals surface area contributed by atoms with E-state index in [1.807, 2.05) is 50.2 Å². The predicted octanol–water partition coefficient (Wildman–Crippen LogP) is 3.68. The molecular formula is C18H20N2O. The largest absolute Gasteiger partial charge is 0.387 e. The summed E-state index contributed by atoms with van der Waals surface area (Å²) in [4.78, 5) is 4.74. The van der Waals surface area contributed by atoms with Crippen molar-refractivity contribution >= 4 is 5.65 Å². The van der Waals surface area contributed by atoms with Crippen molar-refractivity contribution in [2.45, 2.75) is 32.8 Å². The van der Waals surface area contributed by atoms with Gasteiger partial charge >= 0.3 is 0 Å². The molecule has 0 aliphatic rings. The molecule has 0 aliphatic heterocycles. The third-order valence-corrected chi connectivity index (χ3v) is 3.87. The zero-order chi connectivity index (χ0) is 14.8. The van der Waals surface area contributed by atoms with Crippen LogP contribution >= 0.6 is 0 Å². The number of rotatable bonds is 4. The molecule has 0 saturated heterocycles. The Bertz CT molecular complexity index is 747. The molecule has 3 rings (SSSR count). The minimum absolute atomic E-state index is 0.486. The van der Waals surface area contributed by atoms with E-state index in [-0.39, 0.29) is 0 Å². The van der Waals surface area contributed by atoms with Gasteiger partial charge in [-0.05, 0) is 31.0 Å². The average Bonchev–Trinajstić information content (AvgIpc) is 2.87. The van der Waals surface area contributed by atoms with Crippen molar-refractivity contribution in [1.82, 2.24) is 9.38 Å². The van der Waals surface area contributed by atoms with Gasteiger partial charge in [-0.1, -0.05) is 43.3 Å². The molecule has 1 N–H and O–H groups in total. The van der Waals surface area contributed by atoms with Crippen molar-refractivity contribution < 1.29 is 5.11 Å². The van der Waals surface area contributed by atoms with Crippen LogP contribution in [0.15, 0.2) is 48.5 Å². The monoisotopic (exact) mass is 280 g/mol. The lowest BCUT2D eigenvalue weighted by Gasteiger charge is -2.12. The van der Waals surface area contributed by atoms with Gasteiger partial charge in [0.1, 0.15) is 5.65 Å². The van der Waals surface area contributed by atoms with Crippen LogP contribution < -0.4 is 0 Å². The summed E-state index contributed by atoms with van der Waals surface area (Å²) >= 11 is 0. The number of aliphatic hydroxyl groups is 1. The van der Waals surface area contributed by atoms with E-state index >= 15 is 0 Å². The molecule has 0 amide bonds. The normalized spacial score (nSPS) is 12.7. The molecule has 1 unspecified atom stereocenters. The number of aliphatic hydroxyl groups excluding tert-OH is 1. The number of hydrogen-bond donors (Lipinski definition) is 1. The predicted molar refractivity (Wildman–Crippen MR) is 84.4 cm³/mol. The third kappa shape index (κ3) is 2.57. The molecule has 0 saturated carbocycles. The van der Waals surface area contributed by atoms with Crippen LogP contribution in [-0.4, -0.2) is 14.5 Å². The SMILES string of the molecule is CCC(O)c1c(Cc2ccccc2)nc2cccc(C)n12. The first-order valence-corrected chi connectivity index (χ1v) is 7.39. The first kappa shape index (κ1) is 13.8. The summed E-state index contributed by atoms with van der Waals surface area (Å²) in [6, 6.07) is 16.3. The summed E-state index contributed by atoms with van der Waals surface area (Å²) in [6.07, 6.45) is 0.943. The summed E-state index contributed by atoms with van der Waals surface area (Å²) in [5.41, 5.74) is 5.10. The molecule has 3 nitrogen and oxygen atoms in total. The van der Waals surface area contributed by atoms with Crippen molar-refractivity contribution in [3.63, 3.8) is 0 Å². The molecule has 108 valence electrons. The second kappa shape index (κ2) is 5.70. The number of pyridine rings is 1. The maximum Gasteiger partial charge on any atom is 0.137 e. The van der Waals surface area contributed by atoms with Gasteiger partial charge in [-0.2, -0.15) is 0 Å². The third-order valence-electron chi connectivity index (χ3n) is 3.87. The molecular weight excluding hydrogens is 260 g/mol. The number of imidazole rings is 1. The highest BCUT2D eigenvalue weighted by molar-refractivity contribution is 5.46. The first-order valence-electron chi connectivity index (χ1n) is 7.39. The Kier molecular flexibility index (Phi) is 3.76. The van der Waals surface area contributed by atoms with E-state index in [0.717, 1.165) is 29.1 Å². The lowest BCUT2D eigenvalue weighted by atomic mass is 10.1. The van der Waals surface area contributed by atoms with Crippen molar-refractivity contribution in [2.75, 3.05) is 0 Å². The summed E-state index contributed by atoms with van der Waals surface area (Å²) in [6.45, 7) is 4.04. The van der Waals surface area contributed by atoms with Crippen LogP contribution in [0, 0.1) is 6.92 Å². The van der Waals surface area contributed by atoms with Gasteiger partial charge < -0.3 is 5.11 Å². The Hall–Kier alpha value is -2.13. The molecule has 0 fully saturated rings. The maximum atomic E-state index is 10.4. The smallest absolute Gasteiger partial charge is 0.137 e. The summed E-state index contributed by atoms with van der Waals surface area (Å²) in [5, 5.41) is 10.4. The van der Waals surface area contributed by atoms with Crippen LogP contribution in [0.2, 0.25) is 0 Å². The van der Waals surface area contributed by atoms with Crippen molar-refractivity contribution in [1.29, 1.82) is 0 Å². The van der Waals surface area contributed by atoms with E-state index in [4.69, 9.17) is 4.98 Å². The average molecular weight is 280 g/mol. The number of aromatic nitrogens is 2. The second-order valence-corrected chi connectivity index (χ2v) is 5.39. The zero-order valence-corrected chi connectivity index (χ0v) is 12.5. The molecule has 1 aromatic carbocycles. The standard InChI is InChI=1S/C18H20N2O/c1-3-16(21)18-15(12-14-9-5-4-6-10-14)19-17-11-7-8-13(2)20(17)18/h4-11,16,21H,3,12H2,1-2H3. The van der Waals surface area contributed by atoms with Gasteiger partial charge in [0.05, 0.1) is 17.5 Å². The molecule has 0 aliphatic carbocycles. The highest BCUT2D eigenvalue weighted by Gasteiger charge is 2.19. The van der Waals surface area contributed by atoms with E-state index in [9.17, 15) is 5.11 Å². The van der Waals surface area contributed by atoms with E-state index < -0.39 is 6.10 Å². The van der Waals surface area contributed by atoms with Crippen molar-refractivity contribution in [2.24, 2.45) is 0 Å². The lowest BCUT2D eigenvalue weighted by Crippen LogP contribution is -2.06. The number of aryl methyl sites for hydroxylation is 1. The van der Waals surface area contributed by atoms with Crippen LogP contribution in [0.3, 0.4) is 0 Å². The van der Waals surface area contributed by atoms with Crippen LogP contribution in [-0.2, 0) is 6.42 Å². The van der Waals surface area contributed by atoms with Gasteiger partial charge in [-0.15, -0.1) is 0 Å². The van der Waals surface area contributed by atoms with E-state index in [0.29, 0.717) is 6.42 Å². The maximum absolute atomic E-state index is 10.4. The molecule has 0 bridgehead atoms. The van der Waals surface area contributed by atoms with Crippen LogP contribution in [0.4, 0.5) is 0 Å². The van der Waals surface area contributed by atoms with Gasteiger partial charge in [0, 0.05) is 12.1 Å². The molecule has 3 aromatic rings. The van der Waals surface area contributed by atoms with Gasteiger partial charge in [0.25, 0.3) is 0 Å². The highest BCUT2D eigenvalue weighted by atomic mass is 16.3. The molecule has 3 heteroatoms. The minimum atomic E-state index is -0.486. The molecule has 0 spiro atoms. The van der Waals surface area contributed by atoms with Gasteiger partial charge in [0.15, 0.2) is 0 Å². The van der Waals surface area contributed by atoms with E-state index in [1.165, 1.54) is 5.56 Å². The fourth-order valence-electron chi connectivity index (χ4n) is 2.78. The van der Waals surface area contributed by atoms with Gasteiger partial charge in [-0.25, -0.2) is 4.98 Å². The topological polar surface area (TPSA) is 37.5 Å². The summed E-state index contributed by atoms with van der Waals surface area (Å²) in [7, 11) is 0. The fourth-order valence-corrected chi connectivity index (χ4v) is 2.78. The molecule has 2 aromatic heterocycles. The highest BCUT2D eigenvalue weighted by Crippen LogP contribution is 2.25. The lowest BCUT2D eigenvalue weighted by molar-refractivity contribution is 0.166. The number of nitrogens with zero attached hydrogens (tertiary/aromatic N) is 2.